The Morgan fingerprint density at radius 2 is 2.14 bits per heavy atom. The molecule has 0 saturated carbocycles. The molecule has 1 aromatic heterocycles. The summed E-state index contributed by atoms with van der Waals surface area (Å²) in [4.78, 5) is 6.15. The van der Waals surface area contributed by atoms with Crippen LogP contribution in [0.4, 0.5) is 0 Å². The van der Waals surface area contributed by atoms with Gasteiger partial charge in [-0.25, -0.2) is 0 Å². The third kappa shape index (κ3) is 7.23. The molecule has 0 bridgehead atoms. The van der Waals surface area contributed by atoms with Gasteiger partial charge in [-0.1, -0.05) is 19.9 Å². The first-order valence-corrected chi connectivity index (χ1v) is 9.92. The van der Waals surface area contributed by atoms with Gasteiger partial charge in [-0.2, -0.15) is 11.8 Å². The lowest BCUT2D eigenvalue weighted by molar-refractivity contribution is 0.548. The number of guanidine groups is 1. The van der Waals surface area contributed by atoms with Crippen molar-refractivity contribution in [2.75, 3.05) is 31.6 Å². The molecule has 5 heteroatoms. The zero-order valence-corrected chi connectivity index (χ0v) is 15.4. The quantitative estimate of drug-likeness (QED) is 0.412. The molecular weight excluding hydrogens is 298 g/mol. The average Bonchev–Trinajstić information content (AvgIpc) is 2.99. The highest BCUT2D eigenvalue weighted by Gasteiger charge is 2.21. The van der Waals surface area contributed by atoms with Gasteiger partial charge in [0, 0.05) is 23.4 Å². The number of aliphatic imine (C=N–C) groups is 1. The molecule has 0 amide bonds. The van der Waals surface area contributed by atoms with E-state index >= 15 is 0 Å². The first-order valence-electron chi connectivity index (χ1n) is 7.65. The number of unbranched alkanes of at least 4 members (excludes halogenated alkanes) is 1. The summed E-state index contributed by atoms with van der Waals surface area (Å²) in [5.74, 6) is 2.17. The lowest BCUT2D eigenvalue weighted by Gasteiger charge is -2.21. The zero-order valence-electron chi connectivity index (χ0n) is 13.7. The Morgan fingerprint density at radius 3 is 2.76 bits per heavy atom. The number of hydrogen-bond acceptors (Lipinski definition) is 3. The molecule has 0 unspecified atom stereocenters. The third-order valence-electron chi connectivity index (χ3n) is 3.23. The second-order valence-corrected chi connectivity index (χ2v) is 7.62. The van der Waals surface area contributed by atoms with E-state index in [4.69, 9.17) is 4.99 Å². The Labute approximate surface area is 138 Å². The van der Waals surface area contributed by atoms with Crippen LogP contribution in [0.5, 0.6) is 0 Å². The number of rotatable bonds is 9. The average molecular weight is 328 g/mol. The Bertz CT molecular complexity index is 400. The molecule has 1 aromatic rings. The summed E-state index contributed by atoms with van der Waals surface area (Å²) in [6, 6.07) is 4.31. The van der Waals surface area contributed by atoms with Crippen molar-refractivity contribution < 1.29 is 0 Å². The Hall–Kier alpha value is -0.680. The van der Waals surface area contributed by atoms with Gasteiger partial charge in [0.25, 0.3) is 0 Å². The van der Waals surface area contributed by atoms with E-state index in [1.807, 2.05) is 23.1 Å². The van der Waals surface area contributed by atoms with Crippen molar-refractivity contribution in [1.82, 2.24) is 10.6 Å². The first kappa shape index (κ1) is 18.4. The van der Waals surface area contributed by atoms with Crippen LogP contribution in [-0.4, -0.2) is 37.6 Å². The minimum Gasteiger partial charge on any atom is -0.357 e. The molecule has 1 heterocycles. The van der Waals surface area contributed by atoms with Crippen LogP contribution in [0.15, 0.2) is 22.5 Å². The monoisotopic (exact) mass is 327 g/mol. The van der Waals surface area contributed by atoms with E-state index in [0.717, 1.165) is 25.6 Å². The number of nitrogens with one attached hydrogen (secondary N) is 2. The highest BCUT2D eigenvalue weighted by molar-refractivity contribution is 7.98. The summed E-state index contributed by atoms with van der Waals surface area (Å²) in [6.07, 6.45) is 4.61. The largest absolute Gasteiger partial charge is 0.357 e. The number of thioether (sulfide) groups is 1. The molecular formula is C16H29N3S2. The Kier molecular flexibility index (Phi) is 8.85. The van der Waals surface area contributed by atoms with Crippen molar-refractivity contribution in [1.29, 1.82) is 0 Å². The Morgan fingerprint density at radius 1 is 1.33 bits per heavy atom. The molecule has 0 aliphatic heterocycles. The van der Waals surface area contributed by atoms with Crippen LogP contribution in [0.2, 0.25) is 0 Å². The summed E-state index contributed by atoms with van der Waals surface area (Å²) in [7, 11) is 0. The van der Waals surface area contributed by atoms with Crippen LogP contribution < -0.4 is 10.6 Å². The molecule has 0 aliphatic rings. The van der Waals surface area contributed by atoms with E-state index in [2.05, 4.69) is 55.2 Å². The second-order valence-electron chi connectivity index (χ2n) is 5.68. The second kappa shape index (κ2) is 10.1. The van der Waals surface area contributed by atoms with Crippen molar-refractivity contribution in [3.63, 3.8) is 0 Å². The van der Waals surface area contributed by atoms with Gasteiger partial charge in [0.2, 0.25) is 0 Å². The third-order valence-corrected chi connectivity index (χ3v) is 5.17. The molecule has 120 valence electrons. The summed E-state index contributed by atoms with van der Waals surface area (Å²) in [5, 5.41) is 8.89. The van der Waals surface area contributed by atoms with Gasteiger partial charge in [0.05, 0.1) is 6.54 Å². The van der Waals surface area contributed by atoms with Crippen molar-refractivity contribution >= 4 is 29.1 Å². The fourth-order valence-electron chi connectivity index (χ4n) is 1.94. The molecule has 0 atom stereocenters. The normalized spacial score (nSPS) is 12.5. The predicted molar refractivity (Wildman–Crippen MR) is 98.9 cm³/mol. The molecule has 0 spiro atoms. The van der Waals surface area contributed by atoms with E-state index in [-0.39, 0.29) is 5.41 Å². The molecule has 0 saturated heterocycles. The molecule has 0 fully saturated rings. The SMILES string of the molecule is CCNC(=NCC(C)(C)c1cccs1)NCCCCSC. The van der Waals surface area contributed by atoms with E-state index in [1.54, 1.807) is 0 Å². The topological polar surface area (TPSA) is 36.4 Å². The minimum atomic E-state index is 0.0926. The molecule has 1 rings (SSSR count). The van der Waals surface area contributed by atoms with E-state index in [1.165, 1.54) is 23.5 Å². The minimum absolute atomic E-state index is 0.0926. The summed E-state index contributed by atoms with van der Waals surface area (Å²) < 4.78 is 0. The molecule has 0 radical (unpaired) electrons. The van der Waals surface area contributed by atoms with Gasteiger partial charge in [-0.3, -0.25) is 4.99 Å². The first-order chi connectivity index (χ1) is 10.1. The number of hydrogen-bond donors (Lipinski definition) is 2. The predicted octanol–water partition coefficient (Wildman–Crippen LogP) is 3.72. The van der Waals surface area contributed by atoms with Crippen LogP contribution in [0.25, 0.3) is 0 Å². The lowest BCUT2D eigenvalue weighted by atomic mass is 9.92. The van der Waals surface area contributed by atoms with Gasteiger partial charge < -0.3 is 10.6 Å². The smallest absolute Gasteiger partial charge is 0.191 e. The summed E-state index contributed by atoms with van der Waals surface area (Å²) in [6.45, 7) is 9.31. The van der Waals surface area contributed by atoms with Gasteiger partial charge in [0.1, 0.15) is 0 Å². The van der Waals surface area contributed by atoms with Gasteiger partial charge in [-0.05, 0) is 43.2 Å². The standard InChI is InChI=1S/C16H29N3S2/c1-5-17-15(18-10-6-7-11-20-4)19-13-16(2,3)14-9-8-12-21-14/h8-9,12H,5-7,10-11,13H2,1-4H3,(H2,17,18,19). The van der Waals surface area contributed by atoms with Crippen molar-refractivity contribution in [3.8, 4) is 0 Å². The Balaban J connectivity index is 2.47. The fraction of sp³-hybridized carbons (Fsp3) is 0.688. The van der Waals surface area contributed by atoms with Crippen LogP contribution in [-0.2, 0) is 5.41 Å². The van der Waals surface area contributed by atoms with Crippen LogP contribution in [0, 0.1) is 0 Å². The zero-order chi connectivity index (χ0) is 15.6. The van der Waals surface area contributed by atoms with Crippen molar-refractivity contribution in [3.05, 3.63) is 22.4 Å². The maximum absolute atomic E-state index is 4.75. The van der Waals surface area contributed by atoms with Crippen molar-refractivity contribution in [2.24, 2.45) is 4.99 Å². The maximum atomic E-state index is 4.75. The highest BCUT2D eigenvalue weighted by Crippen LogP contribution is 2.27. The maximum Gasteiger partial charge on any atom is 0.191 e. The van der Waals surface area contributed by atoms with Crippen LogP contribution >= 0.6 is 23.1 Å². The molecule has 2 N–H and O–H groups in total. The van der Waals surface area contributed by atoms with Gasteiger partial charge in [0.15, 0.2) is 5.96 Å². The van der Waals surface area contributed by atoms with Gasteiger partial charge in [-0.15, -0.1) is 11.3 Å². The lowest BCUT2D eigenvalue weighted by Crippen LogP contribution is -2.39. The summed E-state index contributed by atoms with van der Waals surface area (Å²) >= 11 is 3.72. The van der Waals surface area contributed by atoms with E-state index < -0.39 is 0 Å². The molecule has 0 aliphatic carbocycles. The van der Waals surface area contributed by atoms with Crippen molar-refractivity contribution in [2.45, 2.75) is 39.0 Å². The van der Waals surface area contributed by atoms with E-state index in [9.17, 15) is 0 Å². The number of thiophene rings is 1. The molecule has 21 heavy (non-hydrogen) atoms. The number of nitrogens with zero attached hydrogens (tertiary/aromatic N) is 1. The molecule has 0 aromatic carbocycles. The fourth-order valence-corrected chi connectivity index (χ4v) is 3.28. The molecule has 3 nitrogen and oxygen atoms in total. The van der Waals surface area contributed by atoms with E-state index in [0.29, 0.717) is 0 Å². The highest BCUT2D eigenvalue weighted by atomic mass is 32.2. The van der Waals surface area contributed by atoms with Crippen LogP contribution in [0.3, 0.4) is 0 Å². The summed E-state index contributed by atoms with van der Waals surface area (Å²) in [5.41, 5.74) is 0.0926. The van der Waals surface area contributed by atoms with Crippen LogP contribution in [0.1, 0.15) is 38.5 Å². The van der Waals surface area contributed by atoms with Gasteiger partial charge >= 0.3 is 0 Å².